The van der Waals surface area contributed by atoms with E-state index in [2.05, 4.69) is 36.2 Å². The van der Waals surface area contributed by atoms with Gasteiger partial charge < -0.3 is 10.5 Å². The third-order valence-corrected chi connectivity index (χ3v) is 4.68. The van der Waals surface area contributed by atoms with Gasteiger partial charge in [0.25, 0.3) is 0 Å². The van der Waals surface area contributed by atoms with Gasteiger partial charge in [0.1, 0.15) is 17.7 Å². The molecule has 0 saturated carbocycles. The normalized spacial score (nSPS) is 20.3. The van der Waals surface area contributed by atoms with Crippen molar-refractivity contribution in [2.45, 2.75) is 44.8 Å². The molecular weight excluding hydrogens is 300 g/mol. The van der Waals surface area contributed by atoms with Crippen LogP contribution in [0.3, 0.4) is 0 Å². The Morgan fingerprint density at radius 1 is 1.08 bits per heavy atom. The second-order valence-electron chi connectivity index (χ2n) is 6.73. The molecule has 2 unspecified atom stereocenters. The molecule has 0 saturated heterocycles. The van der Waals surface area contributed by atoms with Crippen LogP contribution in [0.5, 0.6) is 5.75 Å². The van der Waals surface area contributed by atoms with Gasteiger partial charge in [-0.3, -0.25) is 4.40 Å². The lowest BCUT2D eigenvalue weighted by atomic mass is 9.86. The zero-order valence-electron chi connectivity index (χ0n) is 14.0. The standard InChI is InChI=1S/C19H22N4O/c1-12(2)19-22-21-18-10-7-13(11-23(18)19)24-17-9-8-16(20)14-5-3-4-6-15(14)17/h3-7,10-12,16-17H,8-9,20H2,1-2H3. The van der Waals surface area contributed by atoms with Gasteiger partial charge in [-0.15, -0.1) is 10.2 Å². The number of nitrogens with two attached hydrogens (primary N) is 1. The fraction of sp³-hybridized carbons (Fsp3) is 0.368. The predicted octanol–water partition coefficient (Wildman–Crippen LogP) is 3.77. The van der Waals surface area contributed by atoms with E-state index in [-0.39, 0.29) is 12.1 Å². The summed E-state index contributed by atoms with van der Waals surface area (Å²) in [5.41, 5.74) is 9.48. The lowest BCUT2D eigenvalue weighted by Crippen LogP contribution is -2.23. The Morgan fingerprint density at radius 2 is 1.88 bits per heavy atom. The van der Waals surface area contributed by atoms with E-state index in [0.29, 0.717) is 5.92 Å². The maximum Gasteiger partial charge on any atom is 0.161 e. The van der Waals surface area contributed by atoms with Crippen LogP contribution < -0.4 is 10.5 Å². The van der Waals surface area contributed by atoms with Crippen molar-refractivity contribution in [3.8, 4) is 5.75 Å². The van der Waals surface area contributed by atoms with E-state index in [1.54, 1.807) is 0 Å². The maximum absolute atomic E-state index is 6.31. The van der Waals surface area contributed by atoms with Gasteiger partial charge in [0, 0.05) is 12.0 Å². The Balaban J connectivity index is 1.67. The number of hydrogen-bond acceptors (Lipinski definition) is 4. The molecule has 5 heteroatoms. The number of benzene rings is 1. The smallest absolute Gasteiger partial charge is 0.161 e. The minimum absolute atomic E-state index is 0.0393. The molecule has 0 amide bonds. The zero-order chi connectivity index (χ0) is 16.7. The first kappa shape index (κ1) is 15.1. The van der Waals surface area contributed by atoms with Crippen LogP contribution in [0.4, 0.5) is 0 Å². The summed E-state index contributed by atoms with van der Waals surface area (Å²) in [5.74, 6) is 2.09. The van der Waals surface area contributed by atoms with Gasteiger partial charge in [-0.2, -0.15) is 0 Å². The third kappa shape index (κ3) is 2.55. The number of pyridine rings is 1. The molecule has 0 radical (unpaired) electrons. The molecule has 24 heavy (non-hydrogen) atoms. The molecule has 2 N–H and O–H groups in total. The molecule has 1 aromatic carbocycles. The van der Waals surface area contributed by atoms with E-state index in [1.165, 1.54) is 11.1 Å². The molecule has 4 rings (SSSR count). The minimum atomic E-state index is 0.0393. The van der Waals surface area contributed by atoms with Crippen molar-refractivity contribution in [1.29, 1.82) is 0 Å². The van der Waals surface area contributed by atoms with Crippen LogP contribution >= 0.6 is 0 Å². The van der Waals surface area contributed by atoms with E-state index < -0.39 is 0 Å². The van der Waals surface area contributed by atoms with E-state index in [4.69, 9.17) is 10.5 Å². The highest BCUT2D eigenvalue weighted by atomic mass is 16.5. The molecule has 5 nitrogen and oxygen atoms in total. The molecule has 0 aliphatic heterocycles. The van der Waals surface area contributed by atoms with Crippen molar-refractivity contribution in [3.05, 3.63) is 59.5 Å². The number of rotatable bonds is 3. The fourth-order valence-corrected chi connectivity index (χ4v) is 3.42. The topological polar surface area (TPSA) is 65.4 Å². The lowest BCUT2D eigenvalue weighted by Gasteiger charge is -2.30. The molecule has 0 bridgehead atoms. The summed E-state index contributed by atoms with van der Waals surface area (Å²) in [6.07, 6.45) is 3.89. The van der Waals surface area contributed by atoms with Crippen LogP contribution in [-0.2, 0) is 0 Å². The van der Waals surface area contributed by atoms with Gasteiger partial charge in [0.05, 0.1) is 6.20 Å². The Kier molecular flexibility index (Phi) is 3.73. The number of ether oxygens (including phenoxy) is 1. The molecule has 0 fully saturated rings. The summed E-state index contributed by atoms with van der Waals surface area (Å²) in [5, 5.41) is 8.48. The van der Waals surface area contributed by atoms with E-state index in [9.17, 15) is 0 Å². The summed E-state index contributed by atoms with van der Waals surface area (Å²) in [6, 6.07) is 12.3. The van der Waals surface area contributed by atoms with Gasteiger partial charge in [-0.05, 0) is 36.1 Å². The Bertz CT molecular complexity index is 871. The molecule has 2 aromatic heterocycles. The third-order valence-electron chi connectivity index (χ3n) is 4.68. The van der Waals surface area contributed by atoms with Gasteiger partial charge >= 0.3 is 0 Å². The number of nitrogens with zero attached hydrogens (tertiary/aromatic N) is 3. The van der Waals surface area contributed by atoms with E-state index >= 15 is 0 Å². The highest BCUT2D eigenvalue weighted by molar-refractivity contribution is 5.42. The first-order valence-corrected chi connectivity index (χ1v) is 8.49. The van der Waals surface area contributed by atoms with Gasteiger partial charge in [-0.1, -0.05) is 38.1 Å². The summed E-state index contributed by atoms with van der Waals surface area (Å²) < 4.78 is 8.32. The number of fused-ring (bicyclic) bond motifs is 2. The van der Waals surface area contributed by atoms with Crippen LogP contribution in [0, 0.1) is 0 Å². The quantitative estimate of drug-likeness (QED) is 0.797. The Labute approximate surface area is 141 Å². The van der Waals surface area contributed by atoms with Gasteiger partial charge in [-0.25, -0.2) is 0 Å². The highest BCUT2D eigenvalue weighted by Crippen LogP contribution is 2.37. The molecule has 124 valence electrons. The van der Waals surface area contributed by atoms with Crippen molar-refractivity contribution in [3.63, 3.8) is 0 Å². The SMILES string of the molecule is CC(C)c1nnc2ccc(OC3CCC(N)c4ccccc43)cn12. The lowest BCUT2D eigenvalue weighted by molar-refractivity contribution is 0.176. The molecule has 2 heterocycles. The molecule has 2 atom stereocenters. The average Bonchev–Trinajstić information content (AvgIpc) is 3.01. The van der Waals surface area contributed by atoms with Crippen LogP contribution in [0.25, 0.3) is 5.65 Å². The van der Waals surface area contributed by atoms with Crippen LogP contribution in [0.1, 0.15) is 61.7 Å². The Hall–Kier alpha value is -2.40. The molecule has 1 aliphatic carbocycles. The Morgan fingerprint density at radius 3 is 2.67 bits per heavy atom. The number of hydrogen-bond donors (Lipinski definition) is 1. The fourth-order valence-electron chi connectivity index (χ4n) is 3.42. The maximum atomic E-state index is 6.31. The molecule has 0 spiro atoms. The first-order valence-electron chi connectivity index (χ1n) is 8.49. The highest BCUT2D eigenvalue weighted by Gasteiger charge is 2.26. The number of aromatic nitrogens is 3. The summed E-state index contributed by atoms with van der Waals surface area (Å²) >= 11 is 0. The summed E-state index contributed by atoms with van der Waals surface area (Å²) in [4.78, 5) is 0. The first-order chi connectivity index (χ1) is 11.6. The predicted molar refractivity (Wildman–Crippen MR) is 93.0 cm³/mol. The van der Waals surface area contributed by atoms with Gasteiger partial charge in [0.15, 0.2) is 5.65 Å². The average molecular weight is 322 g/mol. The molecular formula is C19H22N4O. The monoisotopic (exact) mass is 322 g/mol. The van der Waals surface area contributed by atoms with Crippen molar-refractivity contribution in [2.24, 2.45) is 5.73 Å². The van der Waals surface area contributed by atoms with Crippen molar-refractivity contribution >= 4 is 5.65 Å². The second kappa shape index (κ2) is 5.91. The van der Waals surface area contributed by atoms with Crippen molar-refractivity contribution < 1.29 is 4.74 Å². The zero-order valence-corrected chi connectivity index (χ0v) is 14.0. The van der Waals surface area contributed by atoms with Crippen LogP contribution in [0.15, 0.2) is 42.6 Å². The molecule has 1 aliphatic rings. The van der Waals surface area contributed by atoms with Gasteiger partial charge in [0.2, 0.25) is 0 Å². The minimum Gasteiger partial charge on any atom is -0.484 e. The van der Waals surface area contributed by atoms with Crippen molar-refractivity contribution in [1.82, 2.24) is 14.6 Å². The largest absolute Gasteiger partial charge is 0.484 e. The van der Waals surface area contributed by atoms with Crippen molar-refractivity contribution in [2.75, 3.05) is 0 Å². The van der Waals surface area contributed by atoms with E-state index in [1.807, 2.05) is 34.9 Å². The van der Waals surface area contributed by atoms with E-state index in [0.717, 1.165) is 30.1 Å². The van der Waals surface area contributed by atoms with Crippen LogP contribution in [-0.4, -0.2) is 14.6 Å². The molecule has 3 aromatic rings. The van der Waals surface area contributed by atoms with Crippen LogP contribution in [0.2, 0.25) is 0 Å². The summed E-state index contributed by atoms with van der Waals surface area (Å²) in [6.45, 7) is 4.23. The summed E-state index contributed by atoms with van der Waals surface area (Å²) in [7, 11) is 0. The second-order valence-corrected chi connectivity index (χ2v) is 6.73.